The third-order valence-corrected chi connectivity index (χ3v) is 4.28. The monoisotopic (exact) mass is 274 g/mol. The Kier molecular flexibility index (Phi) is 2.51. The lowest BCUT2D eigenvalue weighted by Crippen LogP contribution is -2.28. The lowest BCUT2D eigenvalue weighted by atomic mass is 9.76. The van der Waals surface area contributed by atoms with Crippen LogP contribution >= 0.6 is 0 Å². The molecule has 0 radical (unpaired) electrons. The van der Waals surface area contributed by atoms with Gasteiger partial charge in [0, 0.05) is 12.2 Å². The van der Waals surface area contributed by atoms with Gasteiger partial charge in [-0.05, 0) is 36.5 Å². The lowest BCUT2D eigenvalue weighted by Gasteiger charge is -2.23. The largest absolute Gasteiger partial charge is 0.535 e. The number of carbonyl (C=O) groups excluding carboxylic acids is 1. The number of carbonyl (C=O) groups is 1. The second kappa shape index (κ2) is 4.15. The molecule has 0 amide bonds. The molecule has 4 rings (SSSR count). The van der Waals surface area contributed by atoms with Crippen molar-refractivity contribution in [3.8, 4) is 11.5 Å². The Morgan fingerprint density at radius 2 is 2.40 bits per heavy atom. The fourth-order valence-corrected chi connectivity index (χ4v) is 3.23. The van der Waals surface area contributed by atoms with E-state index in [0.29, 0.717) is 36.2 Å². The molecule has 5 nitrogen and oxygen atoms in total. The highest BCUT2D eigenvalue weighted by Gasteiger charge is 2.55. The van der Waals surface area contributed by atoms with Crippen LogP contribution in [0, 0.1) is 0 Å². The van der Waals surface area contributed by atoms with E-state index in [1.807, 2.05) is 0 Å². The highest BCUT2D eigenvalue weighted by molar-refractivity contribution is 6.48. The summed E-state index contributed by atoms with van der Waals surface area (Å²) in [5.41, 5.74) is 2.41. The summed E-state index contributed by atoms with van der Waals surface area (Å²) in [7, 11) is -0.833. The van der Waals surface area contributed by atoms with E-state index in [0.717, 1.165) is 24.0 Å². The van der Waals surface area contributed by atoms with Crippen molar-refractivity contribution >= 4 is 13.1 Å². The fourth-order valence-electron chi connectivity index (χ4n) is 3.23. The average molecular weight is 274 g/mol. The molecule has 2 heterocycles. The van der Waals surface area contributed by atoms with Gasteiger partial charge in [0.05, 0.1) is 13.2 Å². The summed E-state index contributed by atoms with van der Waals surface area (Å²) >= 11 is 0. The summed E-state index contributed by atoms with van der Waals surface area (Å²) in [6.45, 7) is 2.63. The molecule has 1 unspecified atom stereocenters. The zero-order valence-electron chi connectivity index (χ0n) is 11.2. The van der Waals surface area contributed by atoms with Crippen LogP contribution in [0.1, 0.15) is 40.7 Å². The molecule has 1 saturated carbocycles. The molecule has 0 aromatic heterocycles. The van der Waals surface area contributed by atoms with E-state index in [-0.39, 0.29) is 5.82 Å². The van der Waals surface area contributed by atoms with Crippen LogP contribution in [0.15, 0.2) is 6.07 Å². The van der Waals surface area contributed by atoms with E-state index in [1.54, 1.807) is 6.92 Å². The molecular weight excluding hydrogens is 259 g/mol. The van der Waals surface area contributed by atoms with Crippen LogP contribution in [0.25, 0.3) is 0 Å². The second-order valence-corrected chi connectivity index (χ2v) is 5.49. The van der Waals surface area contributed by atoms with Crippen molar-refractivity contribution in [2.75, 3.05) is 13.2 Å². The number of rotatable bonds is 2. The van der Waals surface area contributed by atoms with E-state index in [4.69, 9.17) is 14.1 Å². The maximum atomic E-state index is 12.2. The molecule has 2 atom stereocenters. The molecule has 1 fully saturated rings. The highest BCUT2D eigenvalue weighted by Crippen LogP contribution is 2.61. The van der Waals surface area contributed by atoms with Gasteiger partial charge in [0.15, 0.2) is 0 Å². The van der Waals surface area contributed by atoms with Crippen molar-refractivity contribution in [1.82, 2.24) is 0 Å². The normalized spacial score (nSPS) is 25.0. The Labute approximate surface area is 117 Å². The van der Waals surface area contributed by atoms with Crippen molar-refractivity contribution in [3.63, 3.8) is 0 Å². The number of esters is 1. The summed E-state index contributed by atoms with van der Waals surface area (Å²) in [4.78, 5) is 12.2. The first-order valence-corrected chi connectivity index (χ1v) is 7.05. The quantitative estimate of drug-likeness (QED) is 0.654. The van der Waals surface area contributed by atoms with Gasteiger partial charge < -0.3 is 19.2 Å². The zero-order chi connectivity index (χ0) is 13.9. The van der Waals surface area contributed by atoms with Gasteiger partial charge in [-0.1, -0.05) is 0 Å². The molecule has 1 aromatic rings. The van der Waals surface area contributed by atoms with Crippen LogP contribution in [0.4, 0.5) is 0 Å². The molecule has 20 heavy (non-hydrogen) atoms. The van der Waals surface area contributed by atoms with Crippen molar-refractivity contribution in [2.24, 2.45) is 0 Å². The van der Waals surface area contributed by atoms with Gasteiger partial charge >= 0.3 is 13.1 Å². The molecular formula is C14H15BO5. The molecule has 0 bridgehead atoms. The van der Waals surface area contributed by atoms with E-state index in [1.165, 1.54) is 0 Å². The molecule has 3 aliphatic rings. The van der Waals surface area contributed by atoms with E-state index in [9.17, 15) is 9.82 Å². The molecule has 0 saturated heterocycles. The minimum absolute atomic E-state index is 0.165. The van der Waals surface area contributed by atoms with Gasteiger partial charge in [-0.3, -0.25) is 0 Å². The third-order valence-electron chi connectivity index (χ3n) is 4.28. The molecule has 6 heteroatoms. The number of hydrogen-bond acceptors (Lipinski definition) is 5. The van der Waals surface area contributed by atoms with Crippen LogP contribution in [0.3, 0.4) is 0 Å². The second-order valence-electron chi connectivity index (χ2n) is 5.49. The van der Waals surface area contributed by atoms with Crippen LogP contribution in [0.2, 0.25) is 5.82 Å². The van der Waals surface area contributed by atoms with Crippen molar-refractivity contribution < 1.29 is 23.9 Å². The minimum Gasteiger partial charge on any atom is -0.535 e. The maximum absolute atomic E-state index is 12.2. The molecule has 1 N–H and O–H groups in total. The first-order chi connectivity index (χ1) is 9.70. The van der Waals surface area contributed by atoms with Crippen molar-refractivity contribution in [2.45, 2.75) is 31.5 Å². The Morgan fingerprint density at radius 3 is 3.20 bits per heavy atom. The number of hydrogen-bond donors (Lipinski definition) is 1. The smallest absolute Gasteiger partial charge is 0.526 e. The van der Waals surface area contributed by atoms with Crippen LogP contribution in [0.5, 0.6) is 11.5 Å². The highest BCUT2D eigenvalue weighted by atomic mass is 16.5. The Bertz CT molecular complexity index is 600. The maximum Gasteiger partial charge on any atom is 0.526 e. The van der Waals surface area contributed by atoms with E-state index in [2.05, 4.69) is 6.07 Å². The topological polar surface area (TPSA) is 65.0 Å². The van der Waals surface area contributed by atoms with Gasteiger partial charge in [-0.25, -0.2) is 4.79 Å². The third kappa shape index (κ3) is 1.57. The summed E-state index contributed by atoms with van der Waals surface area (Å²) in [5.74, 6) is 1.04. The predicted octanol–water partition coefficient (Wildman–Crippen LogP) is 1.53. The average Bonchev–Trinajstić information content (AvgIpc) is 3.10. The van der Waals surface area contributed by atoms with Gasteiger partial charge in [0.25, 0.3) is 0 Å². The number of benzene rings is 1. The zero-order valence-corrected chi connectivity index (χ0v) is 11.2. The van der Waals surface area contributed by atoms with Gasteiger partial charge in [-0.15, -0.1) is 0 Å². The number of fused-ring (bicyclic) bond motifs is 4. The molecule has 1 aromatic carbocycles. The van der Waals surface area contributed by atoms with Crippen molar-refractivity contribution in [1.29, 1.82) is 0 Å². The minimum atomic E-state index is -0.833. The SMILES string of the molecule is CCOC(=O)c1c2c(cc3c1OB(O)[C@@H]1CC31)CCO2. The van der Waals surface area contributed by atoms with Crippen molar-refractivity contribution in [3.05, 3.63) is 22.8 Å². The van der Waals surface area contributed by atoms with E-state index >= 15 is 0 Å². The molecule has 2 aliphatic heterocycles. The predicted molar refractivity (Wildman–Crippen MR) is 71.3 cm³/mol. The summed E-state index contributed by atoms with van der Waals surface area (Å²) in [5, 5.41) is 9.94. The van der Waals surface area contributed by atoms with E-state index < -0.39 is 13.1 Å². The molecule has 0 spiro atoms. The standard InChI is InChI=1S/C14H15BO5/c1-2-18-14(16)11-12-7(3-4-19-12)5-9-8-6-10(8)15(17)20-13(9)11/h5,8,10,17H,2-4,6H2,1H3/t8?,10-/m1/s1. The van der Waals surface area contributed by atoms with Gasteiger partial charge in [-0.2, -0.15) is 0 Å². The van der Waals surface area contributed by atoms with Crippen LogP contribution < -0.4 is 9.39 Å². The van der Waals surface area contributed by atoms with Crippen LogP contribution in [-0.4, -0.2) is 31.3 Å². The first kappa shape index (κ1) is 12.1. The van der Waals surface area contributed by atoms with Gasteiger partial charge in [0.2, 0.25) is 0 Å². The summed E-state index contributed by atoms with van der Waals surface area (Å²) in [6, 6.07) is 2.07. The summed E-state index contributed by atoms with van der Waals surface area (Å²) < 4.78 is 16.3. The lowest BCUT2D eigenvalue weighted by molar-refractivity contribution is 0.0520. The molecule has 104 valence electrons. The molecule has 1 aliphatic carbocycles. The number of ether oxygens (including phenoxy) is 2. The Balaban J connectivity index is 1.89. The Morgan fingerprint density at radius 1 is 1.55 bits per heavy atom. The summed E-state index contributed by atoms with van der Waals surface area (Å²) in [6.07, 6.45) is 1.71. The van der Waals surface area contributed by atoms with Gasteiger partial charge in [0.1, 0.15) is 17.1 Å². The fraction of sp³-hybridized carbons (Fsp3) is 0.500. The Hall–Kier alpha value is -1.69. The first-order valence-electron chi connectivity index (χ1n) is 7.05. The van der Waals surface area contributed by atoms with Crippen LogP contribution in [-0.2, 0) is 11.2 Å².